The van der Waals surface area contributed by atoms with E-state index in [1.54, 1.807) is 0 Å². The molecular weight excluding hydrogens is 224 g/mol. The monoisotopic (exact) mass is 234 g/mol. The molecule has 0 aromatic heterocycles. The zero-order valence-electron chi connectivity index (χ0n) is 9.34. The minimum absolute atomic E-state index is 0. The summed E-state index contributed by atoms with van der Waals surface area (Å²) in [6.45, 7) is 1.11. The largest absolute Gasteiger partial charge is 1.00 e. The second-order valence-corrected chi connectivity index (χ2v) is 2.72. The second kappa shape index (κ2) is 6.30. The Morgan fingerprint density at radius 1 is 1.25 bits per heavy atom. The van der Waals surface area contributed by atoms with E-state index in [1.165, 1.54) is 0 Å². The van der Waals surface area contributed by atoms with E-state index in [2.05, 4.69) is 9.47 Å². The molecule has 0 heterocycles. The zero-order valence-corrected chi connectivity index (χ0v) is 9.34. The molecule has 0 saturated heterocycles. The third-order valence-corrected chi connectivity index (χ3v) is 1.77. The topological polar surface area (TPSA) is 58.6 Å². The molecule has 0 aromatic rings. The summed E-state index contributed by atoms with van der Waals surface area (Å²) < 4.78 is 44.5. The van der Waals surface area contributed by atoms with Gasteiger partial charge in [0.25, 0.3) is 0 Å². The van der Waals surface area contributed by atoms with Crippen LogP contribution in [0.1, 0.15) is 6.92 Å². The van der Waals surface area contributed by atoms with Gasteiger partial charge in [0, 0.05) is 14.2 Å². The van der Waals surface area contributed by atoms with Gasteiger partial charge in [0.1, 0.15) is 0 Å². The molecule has 0 unspecified atom stereocenters. The average Bonchev–Trinajstić information content (AvgIpc) is 2.14. The Morgan fingerprint density at radius 2 is 1.62 bits per heavy atom. The normalized spacial score (nSPS) is 13.2. The van der Waals surface area contributed by atoms with Gasteiger partial charge in [0.15, 0.2) is 0 Å². The number of allylic oxidation sites excluding steroid dienone is 1. The number of methoxy groups -OCH3 is 2. The minimum atomic E-state index is -5.07. The van der Waals surface area contributed by atoms with Gasteiger partial charge in [0.05, 0.1) is 0 Å². The predicted octanol–water partition coefficient (Wildman–Crippen LogP) is -2.62. The number of carbonyl (C=O) groups excluding carboxylic acids is 1. The Bertz CT molecular complexity index is 271. The summed E-state index contributed by atoms with van der Waals surface area (Å²) in [5, 5.41) is 10.4. The molecule has 0 rings (SSSR count). The predicted molar refractivity (Wildman–Crippen MR) is 41.6 cm³/mol. The quantitative estimate of drug-likeness (QED) is 0.231. The molecule has 0 aliphatic carbocycles. The number of hydrogen-bond acceptors (Lipinski definition) is 4. The van der Waals surface area contributed by atoms with Crippen molar-refractivity contribution in [2.75, 3.05) is 14.2 Å². The molecule has 0 bridgehead atoms. The number of ketones is 1. The first kappa shape index (κ1) is 17.9. The summed E-state index contributed by atoms with van der Waals surface area (Å²) in [6.07, 6.45) is -5.16. The number of alkyl halides is 3. The Labute approximate surface area is 103 Å². The standard InChI is InChI=1S/C8H11F3O4.Li/c1-7(14-2,15-3)5(12)4-6(13)8(9,10)11;/h4,13H,1-3H3;/q;+1/p-1/b6-4-;. The Hall–Kier alpha value is -0.483. The maximum Gasteiger partial charge on any atom is 1.00 e. The molecule has 0 amide bonds. The van der Waals surface area contributed by atoms with Crippen LogP contribution < -0.4 is 24.0 Å². The molecule has 88 valence electrons. The van der Waals surface area contributed by atoms with E-state index < -0.39 is 23.5 Å². The van der Waals surface area contributed by atoms with Crippen molar-refractivity contribution >= 4 is 5.78 Å². The molecule has 0 radical (unpaired) electrons. The van der Waals surface area contributed by atoms with Gasteiger partial charge < -0.3 is 14.6 Å². The van der Waals surface area contributed by atoms with Crippen molar-refractivity contribution in [3.8, 4) is 0 Å². The van der Waals surface area contributed by atoms with Crippen LogP contribution in [0.3, 0.4) is 0 Å². The number of halogens is 3. The molecule has 16 heavy (non-hydrogen) atoms. The Kier molecular flexibility index (Phi) is 7.05. The smallest absolute Gasteiger partial charge is 0.869 e. The van der Waals surface area contributed by atoms with Crippen LogP contribution in [-0.2, 0) is 14.3 Å². The first-order valence-electron chi connectivity index (χ1n) is 3.78. The van der Waals surface area contributed by atoms with Gasteiger partial charge in [-0.05, 0) is 18.8 Å². The summed E-state index contributed by atoms with van der Waals surface area (Å²) in [6, 6.07) is 0. The van der Waals surface area contributed by atoms with Crippen molar-refractivity contribution in [1.29, 1.82) is 0 Å². The molecule has 0 aliphatic heterocycles. The van der Waals surface area contributed by atoms with E-state index >= 15 is 0 Å². The molecule has 0 saturated carbocycles. The van der Waals surface area contributed by atoms with Gasteiger partial charge in [-0.1, -0.05) is 0 Å². The fourth-order valence-corrected chi connectivity index (χ4v) is 0.617. The zero-order chi connectivity index (χ0) is 12.3. The molecule has 0 fully saturated rings. The molecule has 4 nitrogen and oxygen atoms in total. The molecule has 0 aromatic carbocycles. The summed E-state index contributed by atoms with van der Waals surface area (Å²) in [7, 11) is 2.15. The third-order valence-electron chi connectivity index (χ3n) is 1.77. The maximum atomic E-state index is 11.8. The van der Waals surface area contributed by atoms with Crippen LogP contribution in [0.5, 0.6) is 0 Å². The van der Waals surface area contributed by atoms with Gasteiger partial charge in [-0.25, -0.2) is 0 Å². The minimum Gasteiger partial charge on any atom is -0.869 e. The number of rotatable bonds is 4. The van der Waals surface area contributed by atoms with Crippen molar-refractivity contribution in [3.05, 3.63) is 11.8 Å². The number of carbonyl (C=O) groups is 1. The summed E-state index contributed by atoms with van der Waals surface area (Å²) in [5.74, 6) is -5.32. The average molecular weight is 234 g/mol. The molecular formula is C8H10F3LiO4. The van der Waals surface area contributed by atoms with E-state index in [1.807, 2.05) is 0 Å². The third kappa shape index (κ3) is 4.57. The molecule has 0 N–H and O–H groups in total. The van der Waals surface area contributed by atoms with Crippen molar-refractivity contribution in [3.63, 3.8) is 0 Å². The van der Waals surface area contributed by atoms with Gasteiger partial charge in [-0.15, -0.1) is 0 Å². The summed E-state index contributed by atoms with van der Waals surface area (Å²) in [5.41, 5.74) is 0. The van der Waals surface area contributed by atoms with E-state index in [-0.39, 0.29) is 24.9 Å². The van der Waals surface area contributed by atoms with Crippen LogP contribution in [0.15, 0.2) is 11.8 Å². The van der Waals surface area contributed by atoms with Crippen LogP contribution in [0, 0.1) is 0 Å². The van der Waals surface area contributed by atoms with Crippen molar-refractivity contribution in [2.24, 2.45) is 0 Å². The summed E-state index contributed by atoms with van der Waals surface area (Å²) in [4.78, 5) is 11.2. The maximum absolute atomic E-state index is 11.8. The summed E-state index contributed by atoms with van der Waals surface area (Å²) >= 11 is 0. The van der Waals surface area contributed by atoms with E-state index in [0.29, 0.717) is 0 Å². The SMILES string of the molecule is COC(C)(OC)C(=O)/C=C(\[O-])C(F)(F)F.[Li+]. The Morgan fingerprint density at radius 3 is 1.88 bits per heavy atom. The number of hydrogen-bond donors (Lipinski definition) is 0. The fourth-order valence-electron chi connectivity index (χ4n) is 0.617. The number of ether oxygens (including phenoxy) is 2. The molecule has 0 spiro atoms. The van der Waals surface area contributed by atoms with Crippen LogP contribution in [0.2, 0.25) is 0 Å². The van der Waals surface area contributed by atoms with E-state index in [0.717, 1.165) is 21.1 Å². The fraction of sp³-hybridized carbons (Fsp3) is 0.625. The first-order chi connectivity index (χ1) is 6.67. The van der Waals surface area contributed by atoms with Gasteiger partial charge in [-0.3, -0.25) is 4.79 Å². The van der Waals surface area contributed by atoms with E-state index in [9.17, 15) is 23.1 Å². The molecule has 8 heteroatoms. The van der Waals surface area contributed by atoms with Crippen LogP contribution in [0.4, 0.5) is 13.2 Å². The van der Waals surface area contributed by atoms with Crippen molar-refractivity contribution in [2.45, 2.75) is 18.9 Å². The first-order valence-corrected chi connectivity index (χ1v) is 3.78. The van der Waals surface area contributed by atoms with Crippen molar-refractivity contribution < 1.29 is 51.4 Å². The van der Waals surface area contributed by atoms with E-state index in [4.69, 9.17) is 0 Å². The Balaban J connectivity index is 0. The van der Waals surface area contributed by atoms with Gasteiger partial charge in [-0.2, -0.15) is 13.2 Å². The van der Waals surface area contributed by atoms with Crippen LogP contribution >= 0.6 is 0 Å². The molecule has 0 aliphatic rings. The molecule has 0 atom stereocenters. The van der Waals surface area contributed by atoms with Gasteiger partial charge in [0.2, 0.25) is 11.6 Å². The second-order valence-electron chi connectivity index (χ2n) is 2.72. The van der Waals surface area contributed by atoms with Gasteiger partial charge >= 0.3 is 25.0 Å². The van der Waals surface area contributed by atoms with Crippen molar-refractivity contribution in [1.82, 2.24) is 0 Å². The van der Waals surface area contributed by atoms with Crippen LogP contribution in [0.25, 0.3) is 0 Å². The van der Waals surface area contributed by atoms with Crippen LogP contribution in [-0.4, -0.2) is 32.0 Å².